The molecule has 1 heterocycles. The Morgan fingerprint density at radius 3 is 2.19 bits per heavy atom. The second-order valence-electron chi connectivity index (χ2n) is 9.52. The largest absolute Gasteiger partial charge is 0.463 e. The molecule has 4 atom stereocenters. The zero-order valence-corrected chi connectivity index (χ0v) is 22.2. The number of rotatable bonds is 14. The molecule has 1 aliphatic heterocycles. The van der Waals surface area contributed by atoms with Gasteiger partial charge >= 0.3 is 12.1 Å². The van der Waals surface area contributed by atoms with Gasteiger partial charge in [-0.05, 0) is 44.9 Å². The van der Waals surface area contributed by atoms with Crippen molar-refractivity contribution in [3.63, 3.8) is 0 Å². The highest BCUT2D eigenvalue weighted by molar-refractivity contribution is 5.91. The molecule has 204 valence electrons. The van der Waals surface area contributed by atoms with Crippen LogP contribution in [0.15, 0.2) is 12.2 Å². The third-order valence-corrected chi connectivity index (χ3v) is 5.62. The third kappa shape index (κ3) is 11.1. The van der Waals surface area contributed by atoms with Gasteiger partial charge in [0.05, 0.1) is 13.2 Å². The fourth-order valence-corrected chi connectivity index (χ4v) is 3.83. The van der Waals surface area contributed by atoms with E-state index in [9.17, 15) is 24.0 Å². The van der Waals surface area contributed by atoms with Gasteiger partial charge in [0.15, 0.2) is 0 Å². The van der Waals surface area contributed by atoms with Crippen molar-refractivity contribution < 1.29 is 33.4 Å². The number of amides is 4. The smallest absolute Gasteiger partial charge is 0.407 e. The molecule has 1 saturated heterocycles. The number of esters is 1. The van der Waals surface area contributed by atoms with Crippen LogP contribution in [-0.2, 0) is 28.7 Å². The van der Waals surface area contributed by atoms with Crippen LogP contribution in [0.5, 0.6) is 0 Å². The van der Waals surface area contributed by atoms with Gasteiger partial charge in [0, 0.05) is 24.6 Å². The first-order chi connectivity index (χ1) is 17.0. The van der Waals surface area contributed by atoms with E-state index in [0.29, 0.717) is 25.8 Å². The zero-order chi connectivity index (χ0) is 27.3. The van der Waals surface area contributed by atoms with Crippen LogP contribution in [0, 0.1) is 17.8 Å². The lowest BCUT2D eigenvalue weighted by Gasteiger charge is -2.27. The predicted molar refractivity (Wildman–Crippen MR) is 134 cm³/mol. The van der Waals surface area contributed by atoms with Crippen LogP contribution >= 0.6 is 0 Å². The highest BCUT2D eigenvalue weighted by Crippen LogP contribution is 2.17. The summed E-state index contributed by atoms with van der Waals surface area (Å²) in [5.41, 5.74) is 0. The number of hydrogen-bond acceptors (Lipinski definition) is 7. The van der Waals surface area contributed by atoms with Gasteiger partial charge < -0.3 is 30.7 Å². The van der Waals surface area contributed by atoms with Crippen molar-refractivity contribution >= 4 is 29.8 Å². The van der Waals surface area contributed by atoms with Crippen molar-refractivity contribution in [2.75, 3.05) is 19.8 Å². The van der Waals surface area contributed by atoms with Crippen molar-refractivity contribution in [2.24, 2.45) is 17.8 Å². The van der Waals surface area contributed by atoms with Gasteiger partial charge in [-0.1, -0.05) is 33.8 Å². The molecule has 0 bridgehead atoms. The molecule has 4 N–H and O–H groups in total. The Morgan fingerprint density at radius 2 is 1.67 bits per heavy atom. The van der Waals surface area contributed by atoms with Crippen LogP contribution in [0.25, 0.3) is 0 Å². The molecule has 0 spiro atoms. The Labute approximate surface area is 213 Å². The van der Waals surface area contributed by atoms with Gasteiger partial charge in [-0.15, -0.1) is 0 Å². The highest BCUT2D eigenvalue weighted by atomic mass is 16.5. The van der Waals surface area contributed by atoms with E-state index in [1.165, 1.54) is 12.2 Å². The molecule has 0 radical (unpaired) electrons. The molecule has 0 aromatic rings. The second kappa shape index (κ2) is 15.8. The van der Waals surface area contributed by atoms with Crippen molar-refractivity contribution in [2.45, 2.75) is 78.9 Å². The summed E-state index contributed by atoms with van der Waals surface area (Å²) < 4.78 is 9.81. The first-order valence-corrected chi connectivity index (χ1v) is 12.6. The molecular weight excluding hydrogens is 468 g/mol. The Hall–Kier alpha value is -3.11. The monoisotopic (exact) mass is 510 g/mol. The van der Waals surface area contributed by atoms with Crippen LogP contribution in [-0.4, -0.2) is 67.7 Å². The number of alkyl carbamates (subject to hydrolysis) is 1. The molecule has 0 aliphatic carbocycles. The molecule has 11 heteroatoms. The van der Waals surface area contributed by atoms with Gasteiger partial charge in [-0.3, -0.25) is 14.4 Å². The first-order valence-electron chi connectivity index (χ1n) is 12.6. The summed E-state index contributed by atoms with van der Waals surface area (Å²) in [5.74, 6) is -2.09. The fourth-order valence-electron chi connectivity index (χ4n) is 3.83. The van der Waals surface area contributed by atoms with E-state index in [1.54, 1.807) is 27.7 Å². The van der Waals surface area contributed by atoms with Crippen molar-refractivity contribution in [3.8, 4) is 0 Å². The first kappa shape index (κ1) is 30.9. The molecule has 0 aromatic heterocycles. The molecule has 0 saturated carbocycles. The molecule has 0 aromatic carbocycles. The summed E-state index contributed by atoms with van der Waals surface area (Å²) in [5, 5.41) is 10.9. The number of carbonyl (C=O) groups is 5. The van der Waals surface area contributed by atoms with Crippen LogP contribution in [0.4, 0.5) is 4.79 Å². The lowest BCUT2D eigenvalue weighted by atomic mass is 9.96. The van der Waals surface area contributed by atoms with Crippen molar-refractivity contribution in [3.05, 3.63) is 12.2 Å². The highest BCUT2D eigenvalue weighted by Gasteiger charge is 2.32. The zero-order valence-electron chi connectivity index (χ0n) is 22.2. The van der Waals surface area contributed by atoms with E-state index < -0.39 is 42.0 Å². The summed E-state index contributed by atoms with van der Waals surface area (Å²) in [6, 6.07) is -2.41. The van der Waals surface area contributed by atoms with Crippen LogP contribution in [0.1, 0.15) is 60.8 Å². The maximum absolute atomic E-state index is 13.3. The maximum Gasteiger partial charge on any atom is 0.407 e. The maximum atomic E-state index is 13.3. The average molecular weight is 511 g/mol. The lowest BCUT2D eigenvalue weighted by molar-refractivity contribution is -0.137. The fraction of sp³-hybridized carbons (Fsp3) is 0.720. The van der Waals surface area contributed by atoms with E-state index in [0.717, 1.165) is 0 Å². The van der Waals surface area contributed by atoms with Gasteiger partial charge in [0.1, 0.15) is 12.1 Å². The normalized spacial score (nSPS) is 17.9. The topological polar surface area (TPSA) is 152 Å². The predicted octanol–water partition coefficient (Wildman–Crippen LogP) is 1.42. The van der Waals surface area contributed by atoms with Gasteiger partial charge in [-0.2, -0.15) is 0 Å². The van der Waals surface area contributed by atoms with Crippen LogP contribution < -0.4 is 21.3 Å². The molecular formula is C25H42N4O7. The molecule has 1 aliphatic rings. The second-order valence-corrected chi connectivity index (χ2v) is 9.52. The van der Waals surface area contributed by atoms with Gasteiger partial charge in [-0.25, -0.2) is 9.59 Å². The van der Waals surface area contributed by atoms with Gasteiger partial charge in [0.25, 0.3) is 0 Å². The Bertz CT molecular complexity index is 797. The van der Waals surface area contributed by atoms with Crippen LogP contribution in [0.3, 0.4) is 0 Å². The summed E-state index contributed by atoms with van der Waals surface area (Å²) in [4.78, 5) is 62.1. The summed E-state index contributed by atoms with van der Waals surface area (Å²) in [6.07, 6.45) is 3.30. The molecule has 4 amide bonds. The standard InChI is InChI=1S/C25H42N4O7/c1-7-35-20(30)10-9-18(14-17-11-12-26-22(17)31)27-23(32)19(13-15(3)4)28-24(33)21(16(5)6)29-25(34)36-8-2/h9-10,15-19,21H,7-8,11-14H2,1-6H3,(H,26,31)(H,27,32)(H,28,33)(H,29,34)/b10-9+/t17-,18+,19-,21-/m0/s1. The lowest BCUT2D eigenvalue weighted by Crippen LogP contribution is -2.56. The quantitative estimate of drug-likeness (QED) is 0.204. The van der Waals surface area contributed by atoms with E-state index >= 15 is 0 Å². The Kier molecular flexibility index (Phi) is 13.6. The summed E-state index contributed by atoms with van der Waals surface area (Å²) in [6.45, 7) is 11.7. The van der Waals surface area contributed by atoms with E-state index in [4.69, 9.17) is 9.47 Å². The SMILES string of the molecule is CCOC(=O)/C=C/[C@H](C[C@@H]1CCNC1=O)NC(=O)[C@H](CC(C)C)NC(=O)[C@@H](NC(=O)OCC)C(C)C. The molecule has 0 unspecified atom stereocenters. The minimum atomic E-state index is -0.895. The van der Waals surface area contributed by atoms with E-state index in [2.05, 4.69) is 21.3 Å². The number of ether oxygens (including phenoxy) is 2. The van der Waals surface area contributed by atoms with Crippen molar-refractivity contribution in [1.82, 2.24) is 21.3 Å². The molecule has 11 nitrogen and oxygen atoms in total. The molecule has 1 fully saturated rings. The minimum Gasteiger partial charge on any atom is -0.463 e. The molecule has 1 rings (SSSR count). The number of nitrogens with one attached hydrogen (secondary N) is 4. The van der Waals surface area contributed by atoms with Crippen LogP contribution in [0.2, 0.25) is 0 Å². The summed E-state index contributed by atoms with van der Waals surface area (Å²) >= 11 is 0. The van der Waals surface area contributed by atoms with E-state index in [1.807, 2.05) is 13.8 Å². The Balaban J connectivity index is 3.02. The van der Waals surface area contributed by atoms with Crippen molar-refractivity contribution in [1.29, 1.82) is 0 Å². The minimum absolute atomic E-state index is 0.0747. The number of hydrogen-bond donors (Lipinski definition) is 4. The van der Waals surface area contributed by atoms with Gasteiger partial charge in [0.2, 0.25) is 17.7 Å². The average Bonchev–Trinajstić information content (AvgIpc) is 3.19. The summed E-state index contributed by atoms with van der Waals surface area (Å²) in [7, 11) is 0. The van der Waals surface area contributed by atoms with E-state index in [-0.39, 0.29) is 36.9 Å². The molecule has 36 heavy (non-hydrogen) atoms. The number of carbonyl (C=O) groups excluding carboxylic acids is 5. The Morgan fingerprint density at radius 1 is 1.00 bits per heavy atom. The third-order valence-electron chi connectivity index (χ3n) is 5.62.